The van der Waals surface area contributed by atoms with Crippen molar-refractivity contribution >= 4 is 5.91 Å². The smallest absolute Gasteiger partial charge is 0.229 e. The number of nitrogens with one attached hydrogen (secondary N) is 1. The van der Waals surface area contributed by atoms with E-state index in [2.05, 4.69) is 5.32 Å². The molecular weight excluding hydrogens is 228 g/mol. The molecule has 4 nitrogen and oxygen atoms in total. The van der Waals surface area contributed by atoms with Crippen molar-refractivity contribution in [2.45, 2.75) is 30.7 Å². The molecule has 1 aromatic carbocycles. The molecule has 98 valence electrons. The van der Waals surface area contributed by atoms with E-state index in [9.17, 15) is 9.90 Å². The molecule has 4 N–H and O–H groups in total. The number of rotatable bonds is 5. The van der Waals surface area contributed by atoms with Gasteiger partial charge in [-0.2, -0.15) is 0 Å². The molecule has 0 saturated heterocycles. The van der Waals surface area contributed by atoms with Gasteiger partial charge in [-0.05, 0) is 24.8 Å². The fourth-order valence-corrected chi connectivity index (χ4v) is 2.35. The summed E-state index contributed by atoms with van der Waals surface area (Å²) in [5.74, 6) is -0.423. The van der Waals surface area contributed by atoms with Gasteiger partial charge in [0.1, 0.15) is 0 Å². The van der Waals surface area contributed by atoms with Gasteiger partial charge >= 0.3 is 0 Å². The van der Waals surface area contributed by atoms with Gasteiger partial charge in [0.2, 0.25) is 5.91 Å². The average molecular weight is 248 g/mol. The largest absolute Gasteiger partial charge is 0.394 e. The number of carbonyl (C=O) groups is 1. The van der Waals surface area contributed by atoms with E-state index < -0.39 is 5.54 Å². The van der Waals surface area contributed by atoms with Crippen molar-refractivity contribution in [2.75, 3.05) is 13.2 Å². The molecule has 0 heterocycles. The summed E-state index contributed by atoms with van der Waals surface area (Å²) >= 11 is 0. The molecule has 2 rings (SSSR count). The molecule has 18 heavy (non-hydrogen) atoms. The molecule has 1 aliphatic rings. The lowest BCUT2D eigenvalue weighted by Gasteiger charge is -2.41. The Bertz CT molecular complexity index is 396. The fourth-order valence-electron chi connectivity index (χ4n) is 2.35. The number of hydrogen-bond acceptors (Lipinski definition) is 3. The maximum atomic E-state index is 12.2. The fraction of sp³-hybridized carbons (Fsp3) is 0.500. The van der Waals surface area contributed by atoms with Crippen molar-refractivity contribution in [3.05, 3.63) is 35.9 Å². The second-order valence-corrected chi connectivity index (χ2v) is 4.98. The Morgan fingerprint density at radius 3 is 2.50 bits per heavy atom. The van der Waals surface area contributed by atoms with Gasteiger partial charge in [0, 0.05) is 6.54 Å². The van der Waals surface area contributed by atoms with E-state index in [4.69, 9.17) is 5.73 Å². The zero-order chi connectivity index (χ0) is 13.0. The van der Waals surface area contributed by atoms with Crippen LogP contribution in [-0.4, -0.2) is 29.7 Å². The van der Waals surface area contributed by atoms with Crippen LogP contribution < -0.4 is 11.1 Å². The molecule has 1 aromatic rings. The maximum Gasteiger partial charge on any atom is 0.229 e. The number of benzene rings is 1. The quantitative estimate of drug-likeness (QED) is 0.720. The zero-order valence-corrected chi connectivity index (χ0v) is 10.4. The molecule has 1 fully saturated rings. The Morgan fingerprint density at radius 2 is 2.06 bits per heavy atom. The molecule has 0 spiro atoms. The van der Waals surface area contributed by atoms with Crippen molar-refractivity contribution in [3.63, 3.8) is 0 Å². The van der Waals surface area contributed by atoms with Gasteiger partial charge < -0.3 is 16.2 Å². The van der Waals surface area contributed by atoms with Crippen molar-refractivity contribution in [1.29, 1.82) is 0 Å². The van der Waals surface area contributed by atoms with E-state index in [0.717, 1.165) is 24.8 Å². The van der Waals surface area contributed by atoms with Crippen LogP contribution in [0.4, 0.5) is 0 Å². The minimum atomic E-state index is -0.403. The number of hydrogen-bond donors (Lipinski definition) is 3. The Morgan fingerprint density at radius 1 is 1.39 bits per heavy atom. The van der Waals surface area contributed by atoms with Crippen LogP contribution in [0.5, 0.6) is 0 Å². The van der Waals surface area contributed by atoms with Crippen LogP contribution in [0.1, 0.15) is 30.7 Å². The third kappa shape index (κ3) is 2.54. The van der Waals surface area contributed by atoms with Gasteiger partial charge in [-0.3, -0.25) is 4.79 Å². The zero-order valence-electron chi connectivity index (χ0n) is 10.4. The summed E-state index contributed by atoms with van der Waals surface area (Å²) in [4.78, 5) is 12.2. The van der Waals surface area contributed by atoms with E-state index in [-0.39, 0.29) is 25.0 Å². The normalized spacial score (nSPS) is 18.8. The Labute approximate surface area is 107 Å². The van der Waals surface area contributed by atoms with E-state index in [1.807, 2.05) is 30.3 Å². The van der Waals surface area contributed by atoms with Crippen LogP contribution in [0.2, 0.25) is 0 Å². The van der Waals surface area contributed by atoms with Crippen molar-refractivity contribution in [3.8, 4) is 0 Å². The van der Waals surface area contributed by atoms with Gasteiger partial charge in [0.15, 0.2) is 0 Å². The number of nitrogens with two attached hydrogens (primary N) is 1. The molecular formula is C14H20N2O2. The predicted octanol–water partition coefficient (Wildman–Crippen LogP) is 0.760. The summed E-state index contributed by atoms with van der Waals surface area (Å²) in [6, 6.07) is 9.52. The first kappa shape index (κ1) is 13.1. The van der Waals surface area contributed by atoms with Crippen LogP contribution in [0, 0.1) is 0 Å². The Balaban J connectivity index is 2.07. The molecule has 0 bridgehead atoms. The van der Waals surface area contributed by atoms with Crippen LogP contribution in [0.25, 0.3) is 0 Å². The van der Waals surface area contributed by atoms with Crippen LogP contribution in [0.3, 0.4) is 0 Å². The summed E-state index contributed by atoms with van der Waals surface area (Å²) in [6.45, 7) is 0.280. The van der Waals surface area contributed by atoms with Crippen LogP contribution >= 0.6 is 0 Å². The van der Waals surface area contributed by atoms with Crippen molar-refractivity contribution in [1.82, 2.24) is 5.32 Å². The monoisotopic (exact) mass is 248 g/mol. The SMILES string of the molecule is NCC(C(=O)NC1(CO)CCC1)c1ccccc1. The average Bonchev–Trinajstić information content (AvgIpc) is 2.36. The van der Waals surface area contributed by atoms with E-state index in [1.165, 1.54) is 0 Å². The predicted molar refractivity (Wildman–Crippen MR) is 70.0 cm³/mol. The lowest BCUT2D eigenvalue weighted by molar-refractivity contribution is -0.126. The highest BCUT2D eigenvalue weighted by molar-refractivity contribution is 5.84. The highest BCUT2D eigenvalue weighted by Gasteiger charge is 2.39. The van der Waals surface area contributed by atoms with Gasteiger partial charge in [0.25, 0.3) is 0 Å². The third-order valence-electron chi connectivity index (χ3n) is 3.76. The molecule has 0 aromatic heterocycles. The lowest BCUT2D eigenvalue weighted by atomic mass is 9.77. The second-order valence-electron chi connectivity index (χ2n) is 4.98. The molecule has 1 atom stereocenters. The van der Waals surface area contributed by atoms with E-state index >= 15 is 0 Å². The van der Waals surface area contributed by atoms with E-state index in [1.54, 1.807) is 0 Å². The molecule has 0 radical (unpaired) electrons. The first-order valence-electron chi connectivity index (χ1n) is 6.39. The highest BCUT2D eigenvalue weighted by atomic mass is 16.3. The standard InChI is InChI=1S/C14H20N2O2/c15-9-12(11-5-2-1-3-6-11)13(18)16-14(10-17)7-4-8-14/h1-3,5-6,12,17H,4,7-10,15H2,(H,16,18). The first-order chi connectivity index (χ1) is 8.71. The number of amides is 1. The molecule has 4 heteroatoms. The third-order valence-corrected chi connectivity index (χ3v) is 3.76. The van der Waals surface area contributed by atoms with Gasteiger partial charge in [-0.25, -0.2) is 0 Å². The highest BCUT2D eigenvalue weighted by Crippen LogP contribution is 2.32. The second kappa shape index (κ2) is 5.50. The number of aliphatic hydroxyl groups excluding tert-OH is 1. The Hall–Kier alpha value is -1.39. The molecule has 1 amide bonds. The van der Waals surface area contributed by atoms with Crippen LogP contribution in [0.15, 0.2) is 30.3 Å². The van der Waals surface area contributed by atoms with Crippen LogP contribution in [-0.2, 0) is 4.79 Å². The minimum Gasteiger partial charge on any atom is -0.394 e. The van der Waals surface area contributed by atoms with E-state index in [0.29, 0.717) is 0 Å². The molecule has 1 saturated carbocycles. The summed E-state index contributed by atoms with van der Waals surface area (Å²) < 4.78 is 0. The summed E-state index contributed by atoms with van der Waals surface area (Å²) in [7, 11) is 0. The van der Waals surface area contributed by atoms with Gasteiger partial charge in [-0.1, -0.05) is 30.3 Å². The molecule has 0 aliphatic heterocycles. The summed E-state index contributed by atoms with van der Waals surface area (Å²) in [5, 5.41) is 12.3. The van der Waals surface area contributed by atoms with Crippen molar-refractivity contribution in [2.24, 2.45) is 5.73 Å². The minimum absolute atomic E-state index is 0.00478. The lowest BCUT2D eigenvalue weighted by Crippen LogP contribution is -2.57. The molecule has 1 unspecified atom stereocenters. The topological polar surface area (TPSA) is 75.4 Å². The Kier molecular flexibility index (Phi) is 3.99. The maximum absolute atomic E-state index is 12.2. The van der Waals surface area contributed by atoms with Gasteiger partial charge in [-0.15, -0.1) is 0 Å². The number of aliphatic hydroxyl groups is 1. The summed E-state index contributed by atoms with van der Waals surface area (Å²) in [6.07, 6.45) is 2.75. The number of carbonyl (C=O) groups excluding carboxylic acids is 1. The first-order valence-corrected chi connectivity index (χ1v) is 6.39. The van der Waals surface area contributed by atoms with Gasteiger partial charge in [0.05, 0.1) is 18.1 Å². The summed E-state index contributed by atoms with van der Waals surface area (Å²) in [5.41, 5.74) is 6.22. The molecule has 1 aliphatic carbocycles. The van der Waals surface area contributed by atoms with Crippen molar-refractivity contribution < 1.29 is 9.90 Å².